The molecule has 1 aromatic carbocycles. The predicted molar refractivity (Wildman–Crippen MR) is 74.8 cm³/mol. The fourth-order valence-corrected chi connectivity index (χ4v) is 1.78. The zero-order valence-electron chi connectivity index (χ0n) is 10.8. The second-order valence-corrected chi connectivity index (χ2v) is 4.84. The first-order valence-corrected chi connectivity index (χ1v) is 6.27. The highest BCUT2D eigenvalue weighted by Crippen LogP contribution is 2.17. The first-order chi connectivity index (χ1) is 8.65. The molecule has 0 aliphatic carbocycles. The van der Waals surface area contributed by atoms with Crippen LogP contribution in [-0.4, -0.2) is 17.6 Å². The van der Waals surface area contributed by atoms with E-state index in [2.05, 4.69) is 29.5 Å². The third-order valence-electron chi connectivity index (χ3n) is 2.82. The maximum absolute atomic E-state index is 11.6. The number of benzene rings is 1. The highest BCUT2D eigenvalue weighted by atomic mass is 16.2. The van der Waals surface area contributed by atoms with Crippen molar-refractivity contribution in [2.75, 3.05) is 11.9 Å². The molecule has 0 spiro atoms. The molecule has 1 aromatic heterocycles. The lowest BCUT2D eigenvalue weighted by Gasteiger charge is -2.09. The van der Waals surface area contributed by atoms with E-state index in [0.29, 0.717) is 12.5 Å². The SMILES string of the molecule is CC(C)CCNC(=O)Nc1ccc2[nH]ccc2c1. The zero-order valence-corrected chi connectivity index (χ0v) is 10.8. The number of aromatic nitrogens is 1. The summed E-state index contributed by atoms with van der Waals surface area (Å²) < 4.78 is 0. The molecule has 0 radical (unpaired) electrons. The number of fused-ring (bicyclic) bond motifs is 1. The maximum Gasteiger partial charge on any atom is 0.319 e. The average molecular weight is 245 g/mol. The van der Waals surface area contributed by atoms with E-state index in [1.807, 2.05) is 30.5 Å². The highest BCUT2D eigenvalue weighted by molar-refractivity contribution is 5.92. The lowest BCUT2D eigenvalue weighted by Crippen LogP contribution is -2.30. The smallest absolute Gasteiger partial charge is 0.319 e. The van der Waals surface area contributed by atoms with Crippen molar-refractivity contribution in [3.63, 3.8) is 0 Å². The molecule has 0 aliphatic heterocycles. The van der Waals surface area contributed by atoms with E-state index >= 15 is 0 Å². The minimum absolute atomic E-state index is 0.148. The summed E-state index contributed by atoms with van der Waals surface area (Å²) in [5.41, 5.74) is 1.88. The number of urea groups is 1. The van der Waals surface area contributed by atoms with E-state index in [1.165, 1.54) is 0 Å². The second-order valence-electron chi connectivity index (χ2n) is 4.84. The Kier molecular flexibility index (Phi) is 3.87. The van der Waals surface area contributed by atoms with Crippen LogP contribution in [0.15, 0.2) is 30.5 Å². The Morgan fingerprint density at radius 3 is 2.94 bits per heavy atom. The zero-order chi connectivity index (χ0) is 13.0. The molecule has 4 heteroatoms. The van der Waals surface area contributed by atoms with Gasteiger partial charge in [0.05, 0.1) is 0 Å². The second kappa shape index (κ2) is 5.58. The van der Waals surface area contributed by atoms with Gasteiger partial charge in [-0.05, 0) is 36.6 Å². The van der Waals surface area contributed by atoms with Gasteiger partial charge in [-0.2, -0.15) is 0 Å². The Hall–Kier alpha value is -1.97. The molecule has 0 unspecified atom stereocenters. The van der Waals surface area contributed by atoms with E-state index < -0.39 is 0 Å². The minimum atomic E-state index is -0.148. The summed E-state index contributed by atoms with van der Waals surface area (Å²) in [7, 11) is 0. The molecule has 2 rings (SSSR count). The van der Waals surface area contributed by atoms with Crippen molar-refractivity contribution < 1.29 is 4.79 Å². The summed E-state index contributed by atoms with van der Waals surface area (Å²) in [6, 6.07) is 7.64. The van der Waals surface area contributed by atoms with Gasteiger partial charge in [-0.15, -0.1) is 0 Å². The molecular formula is C14H19N3O. The number of anilines is 1. The topological polar surface area (TPSA) is 56.9 Å². The monoisotopic (exact) mass is 245 g/mol. The number of carbonyl (C=O) groups excluding carboxylic acids is 1. The van der Waals surface area contributed by atoms with Crippen molar-refractivity contribution in [1.82, 2.24) is 10.3 Å². The molecule has 0 aliphatic rings. The Bertz CT molecular complexity index is 531. The molecule has 0 atom stereocenters. The summed E-state index contributed by atoms with van der Waals surface area (Å²) in [6.07, 6.45) is 2.88. The van der Waals surface area contributed by atoms with Crippen LogP contribution in [0.2, 0.25) is 0 Å². The van der Waals surface area contributed by atoms with Gasteiger partial charge in [-0.25, -0.2) is 4.79 Å². The summed E-state index contributed by atoms with van der Waals surface area (Å²) >= 11 is 0. The minimum Gasteiger partial charge on any atom is -0.361 e. The van der Waals surface area contributed by atoms with Crippen LogP contribution in [0.25, 0.3) is 10.9 Å². The third-order valence-corrected chi connectivity index (χ3v) is 2.82. The van der Waals surface area contributed by atoms with Crippen LogP contribution in [0.4, 0.5) is 10.5 Å². The Morgan fingerprint density at radius 1 is 1.33 bits per heavy atom. The normalized spacial score (nSPS) is 10.8. The fraction of sp³-hybridized carbons (Fsp3) is 0.357. The highest BCUT2D eigenvalue weighted by Gasteiger charge is 2.03. The molecule has 2 amide bonds. The summed E-state index contributed by atoms with van der Waals surface area (Å²) in [5, 5.41) is 6.77. The Morgan fingerprint density at radius 2 is 2.17 bits per heavy atom. The van der Waals surface area contributed by atoms with Crippen molar-refractivity contribution >= 4 is 22.6 Å². The van der Waals surface area contributed by atoms with Crippen molar-refractivity contribution in [1.29, 1.82) is 0 Å². The van der Waals surface area contributed by atoms with Gasteiger partial charge in [0, 0.05) is 29.3 Å². The van der Waals surface area contributed by atoms with Crippen LogP contribution in [0.1, 0.15) is 20.3 Å². The molecule has 0 bridgehead atoms. The number of hydrogen-bond acceptors (Lipinski definition) is 1. The molecule has 0 saturated carbocycles. The van der Waals surface area contributed by atoms with E-state index in [0.717, 1.165) is 23.0 Å². The van der Waals surface area contributed by atoms with Crippen molar-refractivity contribution in [3.8, 4) is 0 Å². The lowest BCUT2D eigenvalue weighted by atomic mass is 10.1. The summed E-state index contributed by atoms with van der Waals surface area (Å²) in [5.74, 6) is 0.599. The largest absolute Gasteiger partial charge is 0.361 e. The van der Waals surface area contributed by atoms with Crippen LogP contribution in [0.5, 0.6) is 0 Å². The fourth-order valence-electron chi connectivity index (χ4n) is 1.78. The van der Waals surface area contributed by atoms with Crippen LogP contribution in [0.3, 0.4) is 0 Å². The first kappa shape index (κ1) is 12.5. The number of H-pyrrole nitrogens is 1. The van der Waals surface area contributed by atoms with Crippen LogP contribution in [-0.2, 0) is 0 Å². The van der Waals surface area contributed by atoms with Gasteiger partial charge >= 0.3 is 6.03 Å². The number of rotatable bonds is 4. The number of aromatic amines is 1. The maximum atomic E-state index is 11.6. The Balaban J connectivity index is 1.90. The van der Waals surface area contributed by atoms with Gasteiger partial charge in [0.1, 0.15) is 0 Å². The molecule has 3 N–H and O–H groups in total. The van der Waals surface area contributed by atoms with E-state index in [-0.39, 0.29) is 6.03 Å². The van der Waals surface area contributed by atoms with Crippen molar-refractivity contribution in [2.24, 2.45) is 5.92 Å². The number of hydrogen-bond donors (Lipinski definition) is 3. The van der Waals surface area contributed by atoms with Gasteiger partial charge in [-0.3, -0.25) is 0 Å². The number of amides is 2. The lowest BCUT2D eigenvalue weighted by molar-refractivity contribution is 0.251. The van der Waals surface area contributed by atoms with E-state index in [1.54, 1.807) is 0 Å². The summed E-state index contributed by atoms with van der Waals surface area (Å²) in [4.78, 5) is 14.8. The molecule has 1 heterocycles. The molecule has 2 aromatic rings. The molecule has 0 fully saturated rings. The van der Waals surface area contributed by atoms with Gasteiger partial charge in [0.2, 0.25) is 0 Å². The number of carbonyl (C=O) groups is 1. The van der Waals surface area contributed by atoms with Gasteiger partial charge in [-0.1, -0.05) is 13.8 Å². The Labute approximate surface area is 107 Å². The van der Waals surface area contributed by atoms with Crippen LogP contribution >= 0.6 is 0 Å². The van der Waals surface area contributed by atoms with Crippen LogP contribution in [0, 0.1) is 5.92 Å². The molecule has 96 valence electrons. The molecular weight excluding hydrogens is 226 g/mol. The first-order valence-electron chi connectivity index (χ1n) is 6.27. The van der Waals surface area contributed by atoms with Gasteiger partial charge in [0.15, 0.2) is 0 Å². The molecule has 18 heavy (non-hydrogen) atoms. The predicted octanol–water partition coefficient (Wildman–Crippen LogP) is 3.34. The summed E-state index contributed by atoms with van der Waals surface area (Å²) in [6.45, 7) is 4.98. The van der Waals surface area contributed by atoms with E-state index in [9.17, 15) is 4.79 Å². The quantitative estimate of drug-likeness (QED) is 0.760. The number of nitrogens with one attached hydrogen (secondary N) is 3. The van der Waals surface area contributed by atoms with Crippen molar-refractivity contribution in [3.05, 3.63) is 30.5 Å². The third kappa shape index (κ3) is 3.26. The standard InChI is InChI=1S/C14H19N3O/c1-10(2)5-7-16-14(18)17-12-3-4-13-11(9-12)6-8-15-13/h3-4,6,8-10,15H,5,7H2,1-2H3,(H2,16,17,18). The van der Waals surface area contributed by atoms with Gasteiger partial charge < -0.3 is 15.6 Å². The van der Waals surface area contributed by atoms with E-state index in [4.69, 9.17) is 0 Å². The van der Waals surface area contributed by atoms with Gasteiger partial charge in [0.25, 0.3) is 0 Å². The average Bonchev–Trinajstić information content (AvgIpc) is 2.75. The molecule has 0 saturated heterocycles. The molecule has 4 nitrogen and oxygen atoms in total. The van der Waals surface area contributed by atoms with Crippen LogP contribution < -0.4 is 10.6 Å². The van der Waals surface area contributed by atoms with Crippen molar-refractivity contribution in [2.45, 2.75) is 20.3 Å².